The van der Waals surface area contributed by atoms with Crippen LogP contribution < -0.4 is 20.4 Å². The van der Waals surface area contributed by atoms with Gasteiger partial charge in [0.2, 0.25) is 0 Å². The summed E-state index contributed by atoms with van der Waals surface area (Å²) in [5, 5.41) is 6.42. The summed E-state index contributed by atoms with van der Waals surface area (Å²) in [4.78, 5) is 40.0. The molecular formula is C22H27ClFN4O4. The number of nitrogens with zero attached hydrogens (tertiary/aromatic N) is 3. The molecule has 1 N–H and O–H groups in total. The van der Waals surface area contributed by atoms with E-state index in [0.717, 1.165) is 18.9 Å². The van der Waals surface area contributed by atoms with Crippen molar-refractivity contribution in [3.8, 4) is 0 Å². The average Bonchev–Trinajstić information content (AvgIpc) is 3.37. The second-order valence-corrected chi connectivity index (χ2v) is 10.0. The second kappa shape index (κ2) is 8.10. The fourth-order valence-corrected chi connectivity index (χ4v) is 4.67. The lowest BCUT2D eigenvalue weighted by Gasteiger charge is -2.31. The molecule has 173 valence electrons. The number of amides is 4. The second-order valence-electron chi connectivity index (χ2n) is 9.65. The highest BCUT2D eigenvalue weighted by Crippen LogP contribution is 2.46. The number of carbonyl (C=O) groups excluding carboxylic acids is 3. The molecule has 4 rings (SSSR count). The molecule has 1 saturated carbocycles. The number of rotatable bonds is 4. The zero-order chi connectivity index (χ0) is 23.4. The first-order chi connectivity index (χ1) is 15.0. The monoisotopic (exact) mass is 465 g/mol. The van der Waals surface area contributed by atoms with E-state index >= 15 is 4.39 Å². The van der Waals surface area contributed by atoms with Crippen LogP contribution in [0.4, 0.5) is 25.4 Å². The number of carbonyl (C=O) groups is 3. The fourth-order valence-electron chi connectivity index (χ4n) is 4.26. The topological polar surface area (TPSA) is 93.1 Å². The van der Waals surface area contributed by atoms with Crippen molar-refractivity contribution >= 4 is 41.0 Å². The Morgan fingerprint density at radius 2 is 1.97 bits per heavy atom. The van der Waals surface area contributed by atoms with Gasteiger partial charge in [-0.3, -0.25) is 9.69 Å². The first kappa shape index (κ1) is 22.6. The van der Waals surface area contributed by atoms with E-state index < -0.39 is 29.4 Å². The van der Waals surface area contributed by atoms with Gasteiger partial charge in [0.15, 0.2) is 0 Å². The van der Waals surface area contributed by atoms with Gasteiger partial charge in [-0.2, -0.15) is 5.32 Å². The molecule has 2 aliphatic heterocycles. The number of benzene rings is 1. The minimum absolute atomic E-state index is 0.0125. The van der Waals surface area contributed by atoms with Crippen LogP contribution in [-0.4, -0.2) is 48.8 Å². The summed E-state index contributed by atoms with van der Waals surface area (Å²) in [6.07, 6.45) is 1.79. The Labute approximate surface area is 191 Å². The molecular weight excluding hydrogens is 439 g/mol. The summed E-state index contributed by atoms with van der Waals surface area (Å²) in [5.41, 5.74) is -0.164. The number of ether oxygens (including phenoxy) is 1. The number of nitrogens with one attached hydrogen (secondary N) is 1. The van der Waals surface area contributed by atoms with Gasteiger partial charge in [-0.1, -0.05) is 11.6 Å². The highest BCUT2D eigenvalue weighted by atomic mass is 35.5. The van der Waals surface area contributed by atoms with E-state index in [1.165, 1.54) is 4.90 Å². The number of hydrogen-bond acceptors (Lipinski definition) is 5. The van der Waals surface area contributed by atoms with E-state index in [9.17, 15) is 14.4 Å². The van der Waals surface area contributed by atoms with E-state index in [1.807, 2.05) is 11.8 Å². The highest BCUT2D eigenvalue weighted by molar-refractivity contribution is 6.38. The number of imide groups is 1. The van der Waals surface area contributed by atoms with Crippen molar-refractivity contribution in [1.29, 1.82) is 0 Å². The molecule has 32 heavy (non-hydrogen) atoms. The molecule has 0 spiro atoms. The normalized spacial score (nSPS) is 21.9. The van der Waals surface area contributed by atoms with Gasteiger partial charge in [-0.05, 0) is 58.9 Å². The quantitative estimate of drug-likeness (QED) is 0.723. The maximum Gasteiger partial charge on any atom is 0.407 e. The molecule has 10 heteroatoms. The average molecular weight is 466 g/mol. The molecule has 2 fully saturated rings. The van der Waals surface area contributed by atoms with Gasteiger partial charge < -0.3 is 15.0 Å². The Morgan fingerprint density at radius 3 is 2.59 bits per heavy atom. The van der Waals surface area contributed by atoms with E-state index in [0.29, 0.717) is 19.5 Å². The molecule has 1 radical (unpaired) electrons. The van der Waals surface area contributed by atoms with Crippen LogP contribution in [0.5, 0.6) is 0 Å². The summed E-state index contributed by atoms with van der Waals surface area (Å²) >= 11 is 6.63. The standard InChI is InChI=1S/C22H27ClFN4O4/c1-11(25-21(31)32-22(2,3)4)12-7-8-27(10-12)18-15(24)9-14-17(16(18)23)28(13-5-6-13)20(30)26-19(14)29/h9,11-13H,5-8,10H2,1-4H3,(H,25,31). The largest absolute Gasteiger partial charge is 0.444 e. The SMILES string of the molecule is CC(NC(=O)OC(C)(C)C)C1CCN(c2c(F)cc3c(c2Cl)N(C2CC2)C(=O)[N]C3=O)C1. The van der Waals surface area contributed by atoms with Crippen LogP contribution in [0.25, 0.3) is 0 Å². The van der Waals surface area contributed by atoms with Gasteiger partial charge in [-0.25, -0.2) is 14.0 Å². The van der Waals surface area contributed by atoms with Gasteiger partial charge in [0.05, 0.1) is 22.0 Å². The molecule has 0 bridgehead atoms. The summed E-state index contributed by atoms with van der Waals surface area (Å²) in [6, 6.07) is 0.205. The van der Waals surface area contributed by atoms with Crippen LogP contribution >= 0.6 is 11.6 Å². The number of alkyl carbamates (subject to hydrolysis) is 1. The third kappa shape index (κ3) is 4.35. The number of anilines is 2. The minimum atomic E-state index is -0.774. The summed E-state index contributed by atoms with van der Waals surface area (Å²) in [6.45, 7) is 8.25. The molecule has 2 heterocycles. The Kier molecular flexibility index (Phi) is 5.73. The van der Waals surface area contributed by atoms with Crippen molar-refractivity contribution in [2.24, 2.45) is 5.92 Å². The number of urea groups is 1. The number of hydrogen-bond donors (Lipinski definition) is 1. The molecule has 1 aliphatic carbocycles. The zero-order valence-corrected chi connectivity index (χ0v) is 19.3. The van der Waals surface area contributed by atoms with Crippen molar-refractivity contribution in [2.45, 2.75) is 64.6 Å². The Morgan fingerprint density at radius 1 is 1.28 bits per heavy atom. The lowest BCUT2D eigenvalue weighted by Crippen LogP contribution is -2.45. The zero-order valence-electron chi connectivity index (χ0n) is 18.6. The summed E-state index contributed by atoms with van der Waals surface area (Å²) < 4.78 is 20.4. The smallest absolute Gasteiger partial charge is 0.407 e. The first-order valence-electron chi connectivity index (χ1n) is 10.8. The number of halogens is 2. The van der Waals surface area contributed by atoms with Crippen molar-refractivity contribution in [1.82, 2.24) is 10.6 Å². The summed E-state index contributed by atoms with van der Waals surface area (Å²) in [7, 11) is 0. The molecule has 1 aromatic carbocycles. The molecule has 8 nitrogen and oxygen atoms in total. The van der Waals surface area contributed by atoms with Crippen molar-refractivity contribution < 1.29 is 23.5 Å². The van der Waals surface area contributed by atoms with Gasteiger partial charge in [-0.15, -0.1) is 0 Å². The summed E-state index contributed by atoms with van der Waals surface area (Å²) in [5.74, 6) is -1.36. The van der Waals surface area contributed by atoms with E-state index in [-0.39, 0.29) is 40.0 Å². The predicted molar refractivity (Wildman–Crippen MR) is 118 cm³/mol. The lowest BCUT2D eigenvalue weighted by molar-refractivity contribution is 0.0494. The van der Waals surface area contributed by atoms with Crippen LogP contribution in [0.1, 0.15) is 57.3 Å². The first-order valence-corrected chi connectivity index (χ1v) is 11.2. The Bertz CT molecular complexity index is 976. The minimum Gasteiger partial charge on any atom is -0.444 e. The Hall–Kier alpha value is -2.55. The third-order valence-corrected chi connectivity index (χ3v) is 6.31. The molecule has 1 saturated heterocycles. The molecule has 4 amide bonds. The maximum absolute atomic E-state index is 15.1. The number of fused-ring (bicyclic) bond motifs is 1. The van der Waals surface area contributed by atoms with Crippen LogP contribution in [0.15, 0.2) is 6.07 Å². The van der Waals surface area contributed by atoms with Gasteiger partial charge in [0, 0.05) is 25.2 Å². The lowest BCUT2D eigenvalue weighted by atomic mass is 10.0. The van der Waals surface area contributed by atoms with Crippen molar-refractivity contribution in [3.63, 3.8) is 0 Å². The molecule has 2 unspecified atom stereocenters. The maximum atomic E-state index is 15.1. The van der Waals surface area contributed by atoms with Crippen LogP contribution in [-0.2, 0) is 4.74 Å². The third-order valence-electron chi connectivity index (χ3n) is 5.95. The van der Waals surface area contributed by atoms with E-state index in [4.69, 9.17) is 16.3 Å². The van der Waals surface area contributed by atoms with Crippen molar-refractivity contribution in [3.05, 3.63) is 22.5 Å². The molecule has 1 aromatic rings. The highest BCUT2D eigenvalue weighted by Gasteiger charge is 2.44. The molecule has 0 aromatic heterocycles. The van der Waals surface area contributed by atoms with Crippen LogP contribution in [0, 0.1) is 11.7 Å². The Balaban J connectivity index is 1.56. The van der Waals surface area contributed by atoms with Gasteiger partial charge >= 0.3 is 12.1 Å². The van der Waals surface area contributed by atoms with Crippen molar-refractivity contribution in [2.75, 3.05) is 22.9 Å². The van der Waals surface area contributed by atoms with Crippen LogP contribution in [0.3, 0.4) is 0 Å². The molecule has 2 atom stereocenters. The van der Waals surface area contributed by atoms with E-state index in [1.54, 1.807) is 20.8 Å². The van der Waals surface area contributed by atoms with Crippen LogP contribution in [0.2, 0.25) is 5.02 Å². The van der Waals surface area contributed by atoms with Gasteiger partial charge in [0.25, 0.3) is 5.91 Å². The predicted octanol–water partition coefficient (Wildman–Crippen LogP) is 4.07. The van der Waals surface area contributed by atoms with Gasteiger partial charge in [0.1, 0.15) is 11.4 Å². The van der Waals surface area contributed by atoms with E-state index in [2.05, 4.69) is 10.6 Å². The molecule has 3 aliphatic rings. The fraction of sp³-hybridized carbons (Fsp3) is 0.591.